The molecular weight excluding hydrogens is 402 g/mol. The van der Waals surface area contributed by atoms with Crippen molar-refractivity contribution in [3.8, 4) is 0 Å². The lowest BCUT2D eigenvalue weighted by atomic mass is 9.84. The summed E-state index contributed by atoms with van der Waals surface area (Å²) in [6.07, 6.45) is 1.27. The zero-order valence-electron chi connectivity index (χ0n) is 16.1. The quantitative estimate of drug-likeness (QED) is 0.601. The molecule has 0 unspecified atom stereocenters. The summed E-state index contributed by atoms with van der Waals surface area (Å²) in [6, 6.07) is 3.32. The predicted molar refractivity (Wildman–Crippen MR) is 99.9 cm³/mol. The van der Waals surface area contributed by atoms with Gasteiger partial charge in [-0.3, -0.25) is 4.79 Å². The summed E-state index contributed by atoms with van der Waals surface area (Å²) in [5, 5.41) is 4.00. The zero-order chi connectivity index (χ0) is 21.6. The van der Waals surface area contributed by atoms with Crippen molar-refractivity contribution < 1.29 is 22.4 Å². The van der Waals surface area contributed by atoms with E-state index in [9.17, 15) is 22.4 Å². The molecule has 10 heteroatoms. The highest BCUT2D eigenvalue weighted by Gasteiger charge is 2.31. The van der Waals surface area contributed by atoms with E-state index in [0.29, 0.717) is 18.5 Å². The van der Waals surface area contributed by atoms with Crippen molar-refractivity contribution in [1.29, 1.82) is 0 Å². The van der Waals surface area contributed by atoms with Gasteiger partial charge >= 0.3 is 0 Å². The number of alkyl halides is 2. The van der Waals surface area contributed by atoms with Crippen molar-refractivity contribution in [3.05, 3.63) is 64.2 Å². The SMILES string of the molecule is Cc1cc(C(=O)N(C)C2CC(=Cc3cc(C(F)F)nc4ncnn34)C2)cc(F)c1F. The first kappa shape index (κ1) is 20.0. The summed E-state index contributed by atoms with van der Waals surface area (Å²) in [6.45, 7) is 1.40. The Kier molecular flexibility index (Phi) is 5.00. The van der Waals surface area contributed by atoms with Gasteiger partial charge in [0.05, 0.1) is 5.69 Å². The zero-order valence-corrected chi connectivity index (χ0v) is 16.1. The summed E-state index contributed by atoms with van der Waals surface area (Å²) in [7, 11) is 1.59. The van der Waals surface area contributed by atoms with Crippen LogP contribution in [0.25, 0.3) is 11.9 Å². The highest BCUT2D eigenvalue weighted by atomic mass is 19.3. The Balaban J connectivity index is 1.51. The van der Waals surface area contributed by atoms with E-state index in [4.69, 9.17) is 0 Å². The molecule has 1 fully saturated rings. The topological polar surface area (TPSA) is 63.4 Å². The molecule has 6 nitrogen and oxygen atoms in total. The second-order valence-electron chi connectivity index (χ2n) is 7.25. The fourth-order valence-electron chi connectivity index (χ4n) is 3.43. The van der Waals surface area contributed by atoms with Crippen molar-refractivity contribution in [1.82, 2.24) is 24.5 Å². The summed E-state index contributed by atoms with van der Waals surface area (Å²) >= 11 is 0. The molecule has 0 atom stereocenters. The number of carbonyl (C=O) groups excluding carboxylic acids is 1. The lowest BCUT2D eigenvalue weighted by molar-refractivity contribution is 0.0698. The molecule has 1 aromatic carbocycles. The van der Waals surface area contributed by atoms with E-state index < -0.39 is 24.0 Å². The standard InChI is InChI=1S/C20H17F4N5O/c1-10-3-12(7-15(21)17(10)22)19(30)28(2)13-4-11(5-13)6-14-8-16(18(23)24)27-20-25-9-26-29(14)20/h3,6-9,13,18H,4-5H2,1-2H3. The summed E-state index contributed by atoms with van der Waals surface area (Å²) in [5.74, 6) is -2.37. The Morgan fingerprint density at radius 3 is 2.67 bits per heavy atom. The predicted octanol–water partition coefficient (Wildman–Crippen LogP) is 3.97. The first-order chi connectivity index (χ1) is 14.2. The van der Waals surface area contributed by atoms with E-state index >= 15 is 0 Å². The number of benzene rings is 1. The molecule has 0 aliphatic heterocycles. The Bertz CT molecular complexity index is 1140. The van der Waals surface area contributed by atoms with Crippen LogP contribution in [-0.2, 0) is 0 Å². The average Bonchev–Trinajstić information content (AvgIpc) is 3.15. The number of amides is 1. The van der Waals surface area contributed by atoms with Crippen LogP contribution in [0, 0.1) is 18.6 Å². The molecule has 0 N–H and O–H groups in total. The first-order valence-corrected chi connectivity index (χ1v) is 9.15. The molecule has 0 spiro atoms. The number of carbonyl (C=O) groups is 1. The number of hydrogen-bond donors (Lipinski definition) is 0. The normalized spacial score (nSPS) is 16.1. The van der Waals surface area contributed by atoms with Gasteiger partial charge in [0.2, 0.25) is 0 Å². The molecule has 1 aliphatic carbocycles. The van der Waals surface area contributed by atoms with Crippen molar-refractivity contribution in [3.63, 3.8) is 0 Å². The van der Waals surface area contributed by atoms with Gasteiger partial charge in [0.1, 0.15) is 12.0 Å². The monoisotopic (exact) mass is 419 g/mol. The Labute approximate surface area is 168 Å². The Morgan fingerprint density at radius 1 is 1.27 bits per heavy atom. The van der Waals surface area contributed by atoms with E-state index in [-0.39, 0.29) is 28.6 Å². The number of halogens is 4. The minimum atomic E-state index is -2.73. The highest BCUT2D eigenvalue weighted by molar-refractivity contribution is 5.94. The van der Waals surface area contributed by atoms with Gasteiger partial charge in [-0.1, -0.05) is 5.57 Å². The maximum atomic E-state index is 13.6. The second kappa shape index (κ2) is 7.51. The number of fused-ring (bicyclic) bond motifs is 1. The minimum absolute atomic E-state index is 0.0605. The van der Waals surface area contributed by atoms with E-state index in [1.807, 2.05) is 0 Å². The van der Waals surface area contributed by atoms with Gasteiger partial charge in [0, 0.05) is 18.7 Å². The third-order valence-electron chi connectivity index (χ3n) is 5.20. The molecule has 1 aliphatic rings. The van der Waals surface area contributed by atoms with Crippen molar-refractivity contribution in [2.24, 2.45) is 0 Å². The lowest BCUT2D eigenvalue weighted by Crippen LogP contribution is -2.42. The van der Waals surface area contributed by atoms with E-state index in [0.717, 1.165) is 11.6 Å². The van der Waals surface area contributed by atoms with Gasteiger partial charge in [-0.05, 0) is 49.6 Å². The largest absolute Gasteiger partial charge is 0.338 e. The summed E-state index contributed by atoms with van der Waals surface area (Å²) in [5.41, 5.74) is 1.10. The summed E-state index contributed by atoms with van der Waals surface area (Å²) in [4.78, 5) is 21.7. The van der Waals surface area contributed by atoms with Crippen LogP contribution in [0.1, 0.15) is 46.6 Å². The minimum Gasteiger partial charge on any atom is -0.338 e. The van der Waals surface area contributed by atoms with Gasteiger partial charge in [-0.25, -0.2) is 22.5 Å². The van der Waals surface area contributed by atoms with Gasteiger partial charge in [0.25, 0.3) is 18.1 Å². The highest BCUT2D eigenvalue weighted by Crippen LogP contribution is 2.33. The van der Waals surface area contributed by atoms with Gasteiger partial charge in [-0.2, -0.15) is 14.6 Å². The van der Waals surface area contributed by atoms with Crippen LogP contribution in [0.15, 0.2) is 30.1 Å². The maximum Gasteiger partial charge on any atom is 0.280 e. The van der Waals surface area contributed by atoms with Crippen molar-refractivity contribution >= 4 is 17.8 Å². The van der Waals surface area contributed by atoms with Gasteiger partial charge < -0.3 is 4.90 Å². The van der Waals surface area contributed by atoms with E-state index in [2.05, 4.69) is 15.1 Å². The van der Waals surface area contributed by atoms with E-state index in [1.165, 1.54) is 34.8 Å². The molecule has 0 saturated heterocycles. The van der Waals surface area contributed by atoms with Crippen LogP contribution in [0.2, 0.25) is 0 Å². The van der Waals surface area contributed by atoms with Gasteiger partial charge in [0.15, 0.2) is 11.6 Å². The smallest absolute Gasteiger partial charge is 0.280 e. The number of aromatic nitrogens is 4. The van der Waals surface area contributed by atoms with Crippen molar-refractivity contribution in [2.45, 2.75) is 32.2 Å². The molecule has 30 heavy (non-hydrogen) atoms. The number of hydrogen-bond acceptors (Lipinski definition) is 4. The molecule has 0 radical (unpaired) electrons. The van der Waals surface area contributed by atoms with Crippen molar-refractivity contribution in [2.75, 3.05) is 7.05 Å². The molecule has 2 heterocycles. The maximum absolute atomic E-state index is 13.6. The third-order valence-corrected chi connectivity index (χ3v) is 5.20. The fourth-order valence-corrected chi connectivity index (χ4v) is 3.43. The van der Waals surface area contributed by atoms with Gasteiger partial charge in [-0.15, -0.1) is 0 Å². The van der Waals surface area contributed by atoms with Crippen LogP contribution in [0.5, 0.6) is 0 Å². The molecule has 4 rings (SSSR count). The number of rotatable bonds is 4. The Hall–Kier alpha value is -3.30. The number of nitrogens with zero attached hydrogens (tertiary/aromatic N) is 5. The molecule has 2 aromatic heterocycles. The summed E-state index contributed by atoms with van der Waals surface area (Å²) < 4.78 is 54.6. The van der Waals surface area contributed by atoms with Crippen LogP contribution in [0.3, 0.4) is 0 Å². The molecule has 1 amide bonds. The lowest BCUT2D eigenvalue weighted by Gasteiger charge is -2.37. The number of aryl methyl sites for hydroxylation is 1. The van der Waals surface area contributed by atoms with E-state index in [1.54, 1.807) is 13.1 Å². The van der Waals surface area contributed by atoms with Crippen LogP contribution >= 0.6 is 0 Å². The Morgan fingerprint density at radius 2 is 2.00 bits per heavy atom. The van der Waals surface area contributed by atoms with Crippen LogP contribution in [-0.4, -0.2) is 43.5 Å². The first-order valence-electron chi connectivity index (χ1n) is 9.15. The molecule has 0 bridgehead atoms. The molecular formula is C20H17F4N5O. The average molecular weight is 419 g/mol. The van der Waals surface area contributed by atoms with Crippen LogP contribution in [0.4, 0.5) is 17.6 Å². The second-order valence-corrected chi connectivity index (χ2v) is 7.25. The molecule has 156 valence electrons. The molecule has 3 aromatic rings. The third kappa shape index (κ3) is 3.53. The van der Waals surface area contributed by atoms with Crippen LogP contribution < -0.4 is 0 Å². The molecule has 1 saturated carbocycles. The fraction of sp³-hybridized carbons (Fsp3) is 0.300.